The molecule has 1 amide bonds. The van der Waals surface area contributed by atoms with Crippen LogP contribution in [-0.2, 0) is 6.42 Å². The highest BCUT2D eigenvalue weighted by Crippen LogP contribution is 2.09. The second-order valence-electron chi connectivity index (χ2n) is 4.00. The first kappa shape index (κ1) is 11.7. The van der Waals surface area contributed by atoms with Crippen molar-refractivity contribution < 1.29 is 4.79 Å². The van der Waals surface area contributed by atoms with Gasteiger partial charge < -0.3 is 0 Å². The lowest BCUT2D eigenvalue weighted by molar-refractivity contribution is 0.0938. The first-order chi connectivity index (χ1) is 7.13. The number of rotatable bonds is 4. The van der Waals surface area contributed by atoms with Gasteiger partial charge in [0.25, 0.3) is 5.91 Å². The van der Waals surface area contributed by atoms with Gasteiger partial charge in [-0.05, 0) is 30.0 Å². The fraction of sp³-hybridized carbons (Fsp3) is 0.417. The molecule has 2 N–H and O–H groups in total. The van der Waals surface area contributed by atoms with Gasteiger partial charge in [0.05, 0.1) is 0 Å². The second kappa shape index (κ2) is 5.51. The van der Waals surface area contributed by atoms with Crippen LogP contribution in [0, 0.1) is 5.92 Å². The first-order valence-corrected chi connectivity index (χ1v) is 5.19. The Morgan fingerprint density at radius 1 is 1.27 bits per heavy atom. The lowest BCUT2D eigenvalue weighted by Crippen LogP contribution is -2.34. The van der Waals surface area contributed by atoms with Crippen LogP contribution < -0.4 is 10.9 Å². The fourth-order valence-corrected chi connectivity index (χ4v) is 1.45. The smallest absolute Gasteiger partial charge is 0.265 e. The molecule has 15 heavy (non-hydrogen) atoms. The Morgan fingerprint density at radius 3 is 2.33 bits per heavy atom. The summed E-state index contributed by atoms with van der Waals surface area (Å²) in [7, 11) is 1.67. The minimum Gasteiger partial charge on any atom is -0.288 e. The molecule has 1 aromatic rings. The molecule has 82 valence electrons. The summed E-state index contributed by atoms with van der Waals surface area (Å²) in [6.45, 7) is 4.36. The highest BCUT2D eigenvalue weighted by atomic mass is 16.2. The number of hydrogen-bond acceptors (Lipinski definition) is 2. The highest BCUT2D eigenvalue weighted by Gasteiger charge is 2.04. The Kier molecular flexibility index (Phi) is 4.31. The molecule has 0 unspecified atom stereocenters. The third-order valence-electron chi connectivity index (χ3n) is 2.10. The van der Waals surface area contributed by atoms with Crippen molar-refractivity contribution in [3.8, 4) is 0 Å². The number of hydrogen-bond donors (Lipinski definition) is 2. The van der Waals surface area contributed by atoms with E-state index >= 15 is 0 Å². The molecule has 0 fully saturated rings. The molecule has 1 aromatic carbocycles. The predicted octanol–water partition coefficient (Wildman–Crippen LogP) is 1.75. The van der Waals surface area contributed by atoms with Crippen molar-refractivity contribution in [1.29, 1.82) is 0 Å². The molecule has 0 saturated carbocycles. The summed E-state index contributed by atoms with van der Waals surface area (Å²) in [6.07, 6.45) is 1.05. The molecule has 0 heterocycles. The number of carbonyl (C=O) groups is 1. The lowest BCUT2D eigenvalue weighted by Gasteiger charge is -2.06. The topological polar surface area (TPSA) is 41.1 Å². The largest absolute Gasteiger partial charge is 0.288 e. The van der Waals surface area contributed by atoms with Gasteiger partial charge in [-0.15, -0.1) is 0 Å². The predicted molar refractivity (Wildman–Crippen MR) is 61.5 cm³/mol. The second-order valence-corrected chi connectivity index (χ2v) is 4.00. The van der Waals surface area contributed by atoms with Crippen molar-refractivity contribution in [2.45, 2.75) is 20.3 Å². The van der Waals surface area contributed by atoms with Crippen LogP contribution in [0.15, 0.2) is 24.3 Å². The maximum Gasteiger partial charge on any atom is 0.265 e. The molecular weight excluding hydrogens is 188 g/mol. The number of carbonyl (C=O) groups excluding carboxylic acids is 1. The van der Waals surface area contributed by atoms with E-state index in [1.807, 2.05) is 24.3 Å². The number of hydrazine groups is 1. The SMILES string of the molecule is CNNC(=O)c1ccc(CC(C)C)cc1. The number of nitrogens with one attached hydrogen (secondary N) is 2. The van der Waals surface area contributed by atoms with Crippen LogP contribution in [0.1, 0.15) is 29.8 Å². The summed E-state index contributed by atoms with van der Waals surface area (Å²) < 4.78 is 0. The maximum atomic E-state index is 11.4. The first-order valence-electron chi connectivity index (χ1n) is 5.19. The molecule has 0 saturated heterocycles. The zero-order chi connectivity index (χ0) is 11.3. The molecule has 0 aromatic heterocycles. The maximum absolute atomic E-state index is 11.4. The van der Waals surface area contributed by atoms with Crippen molar-refractivity contribution in [3.05, 3.63) is 35.4 Å². The Morgan fingerprint density at radius 2 is 1.87 bits per heavy atom. The Bertz CT molecular complexity index is 317. The normalized spacial score (nSPS) is 10.4. The Labute approximate surface area is 90.9 Å². The molecule has 0 aliphatic rings. The van der Waals surface area contributed by atoms with Gasteiger partial charge in [0.15, 0.2) is 0 Å². The Balaban J connectivity index is 2.67. The average Bonchev–Trinajstić information content (AvgIpc) is 2.18. The molecule has 0 bridgehead atoms. The van der Waals surface area contributed by atoms with Crippen LogP contribution in [-0.4, -0.2) is 13.0 Å². The zero-order valence-corrected chi connectivity index (χ0v) is 9.50. The van der Waals surface area contributed by atoms with Gasteiger partial charge in [-0.3, -0.25) is 10.2 Å². The van der Waals surface area contributed by atoms with E-state index in [0.717, 1.165) is 6.42 Å². The van der Waals surface area contributed by atoms with Crippen LogP contribution in [0.25, 0.3) is 0 Å². The minimum absolute atomic E-state index is 0.103. The van der Waals surface area contributed by atoms with E-state index in [-0.39, 0.29) is 5.91 Å². The van der Waals surface area contributed by atoms with Crippen LogP contribution in [0.3, 0.4) is 0 Å². The summed E-state index contributed by atoms with van der Waals surface area (Å²) in [5, 5.41) is 0. The van der Waals surface area contributed by atoms with Gasteiger partial charge in [-0.25, -0.2) is 5.43 Å². The quantitative estimate of drug-likeness (QED) is 0.737. The minimum atomic E-state index is -0.103. The van der Waals surface area contributed by atoms with Gasteiger partial charge in [-0.1, -0.05) is 26.0 Å². The Hall–Kier alpha value is -1.35. The van der Waals surface area contributed by atoms with E-state index in [9.17, 15) is 4.79 Å². The molecule has 1 rings (SSSR count). The van der Waals surface area contributed by atoms with Crippen molar-refractivity contribution in [2.75, 3.05) is 7.05 Å². The molecule has 3 nitrogen and oxygen atoms in total. The van der Waals surface area contributed by atoms with Crippen molar-refractivity contribution in [1.82, 2.24) is 10.9 Å². The number of amides is 1. The van der Waals surface area contributed by atoms with E-state index < -0.39 is 0 Å². The van der Waals surface area contributed by atoms with Gasteiger partial charge in [-0.2, -0.15) is 0 Å². The average molecular weight is 206 g/mol. The highest BCUT2D eigenvalue weighted by molar-refractivity contribution is 5.93. The third kappa shape index (κ3) is 3.72. The van der Waals surface area contributed by atoms with E-state index in [0.29, 0.717) is 11.5 Å². The van der Waals surface area contributed by atoms with Gasteiger partial charge >= 0.3 is 0 Å². The third-order valence-corrected chi connectivity index (χ3v) is 2.10. The summed E-state index contributed by atoms with van der Waals surface area (Å²) in [5.41, 5.74) is 7.09. The van der Waals surface area contributed by atoms with Gasteiger partial charge in [0.2, 0.25) is 0 Å². The molecule has 0 radical (unpaired) electrons. The summed E-state index contributed by atoms with van der Waals surface area (Å²) in [4.78, 5) is 11.4. The van der Waals surface area contributed by atoms with Crippen molar-refractivity contribution in [2.24, 2.45) is 5.92 Å². The van der Waals surface area contributed by atoms with Crippen LogP contribution in [0.5, 0.6) is 0 Å². The summed E-state index contributed by atoms with van der Waals surface area (Å²) in [5.74, 6) is 0.538. The van der Waals surface area contributed by atoms with E-state index in [1.165, 1.54) is 5.56 Å². The molecule has 0 spiro atoms. The van der Waals surface area contributed by atoms with E-state index in [1.54, 1.807) is 7.05 Å². The van der Waals surface area contributed by atoms with Crippen molar-refractivity contribution in [3.63, 3.8) is 0 Å². The van der Waals surface area contributed by atoms with E-state index in [2.05, 4.69) is 24.7 Å². The van der Waals surface area contributed by atoms with E-state index in [4.69, 9.17) is 0 Å². The molecular formula is C12H18N2O. The zero-order valence-electron chi connectivity index (χ0n) is 9.50. The van der Waals surface area contributed by atoms with Gasteiger partial charge in [0, 0.05) is 12.6 Å². The molecule has 0 atom stereocenters. The van der Waals surface area contributed by atoms with Gasteiger partial charge in [0.1, 0.15) is 0 Å². The summed E-state index contributed by atoms with van der Waals surface area (Å²) in [6, 6.07) is 7.71. The fourth-order valence-electron chi connectivity index (χ4n) is 1.45. The molecule has 3 heteroatoms. The number of benzene rings is 1. The van der Waals surface area contributed by atoms with Crippen LogP contribution >= 0.6 is 0 Å². The van der Waals surface area contributed by atoms with Crippen molar-refractivity contribution >= 4 is 5.91 Å². The lowest BCUT2D eigenvalue weighted by atomic mass is 10.0. The molecule has 0 aliphatic heterocycles. The standard InChI is InChI=1S/C12H18N2O/c1-9(2)8-10-4-6-11(7-5-10)12(15)14-13-3/h4-7,9,13H,8H2,1-3H3,(H,14,15). The van der Waals surface area contributed by atoms with Crippen LogP contribution in [0.2, 0.25) is 0 Å². The monoisotopic (exact) mass is 206 g/mol. The van der Waals surface area contributed by atoms with Crippen LogP contribution in [0.4, 0.5) is 0 Å². The summed E-state index contributed by atoms with van der Waals surface area (Å²) >= 11 is 0. The molecule has 0 aliphatic carbocycles.